The zero-order valence-electron chi connectivity index (χ0n) is 14.1. The number of carbonyl (C=O) groups excluding carboxylic acids is 1. The minimum absolute atomic E-state index is 0.231. The molecule has 0 aromatic carbocycles. The highest BCUT2D eigenvalue weighted by Crippen LogP contribution is 2.08. The first-order valence-electron chi connectivity index (χ1n) is 8.70. The fourth-order valence-electron chi connectivity index (χ4n) is 1.96. The van der Waals surface area contributed by atoms with Crippen LogP contribution in [0, 0.1) is 0 Å². The van der Waals surface area contributed by atoms with Gasteiger partial charge < -0.3 is 15.2 Å². The Morgan fingerprint density at radius 2 is 1.20 bits per heavy atom. The molecule has 0 fully saturated rings. The molecule has 3 heteroatoms. The lowest BCUT2D eigenvalue weighted by Gasteiger charge is -2.02. The van der Waals surface area contributed by atoms with Gasteiger partial charge in [0.1, 0.15) is 0 Å². The van der Waals surface area contributed by atoms with Crippen molar-refractivity contribution in [2.45, 2.75) is 91.4 Å². The summed E-state index contributed by atoms with van der Waals surface area (Å²) in [6.07, 6.45) is 12.4. The van der Waals surface area contributed by atoms with Gasteiger partial charge in [0.2, 0.25) is 0 Å². The van der Waals surface area contributed by atoms with Gasteiger partial charge in [-0.3, -0.25) is 0 Å². The minimum Gasteiger partial charge on any atom is -0.550 e. The van der Waals surface area contributed by atoms with Gasteiger partial charge in [-0.05, 0) is 25.7 Å². The smallest absolute Gasteiger partial charge is 0.0752 e. The van der Waals surface area contributed by atoms with Gasteiger partial charge in [-0.1, -0.05) is 65.7 Å². The molecule has 0 heterocycles. The van der Waals surface area contributed by atoms with Crippen molar-refractivity contribution in [3.05, 3.63) is 0 Å². The number of rotatable bonds is 13. The van der Waals surface area contributed by atoms with Crippen LogP contribution in [0.25, 0.3) is 0 Å². The first-order valence-corrected chi connectivity index (χ1v) is 8.70. The number of quaternary nitrogens is 1. The summed E-state index contributed by atoms with van der Waals surface area (Å²) in [5, 5.41) is 12.4. The number of nitrogens with two attached hydrogens (primary N) is 1. The molecule has 2 N–H and O–H groups in total. The van der Waals surface area contributed by atoms with Crippen LogP contribution < -0.4 is 10.4 Å². The van der Waals surface area contributed by atoms with Gasteiger partial charge >= 0.3 is 0 Å². The number of unbranched alkanes of at least 4 members (excludes halogenated alkanes) is 7. The molecule has 20 heavy (non-hydrogen) atoms. The molecule has 0 aromatic rings. The average Bonchev–Trinajstić information content (AvgIpc) is 2.43. The quantitative estimate of drug-likeness (QED) is 0.529. The number of carboxylic acid groups (broad SMARTS) is 1. The lowest BCUT2D eigenvalue weighted by molar-refractivity contribution is -0.654. The summed E-state index contributed by atoms with van der Waals surface area (Å²) >= 11 is 0. The molecule has 0 unspecified atom stereocenters. The number of carbonyl (C=O) groups is 1. The maximum atomic E-state index is 10.1. The standard InChI is InChI=1S/C11H22O2.C6H15N/c1-2-3-4-5-6-7-8-9-10-11(12)13;1-3-5-7-6-4-2/h2-10H2,1H3,(H,12,13);7H,3-6H2,1-2H3. The van der Waals surface area contributed by atoms with Crippen LogP contribution in [-0.4, -0.2) is 19.1 Å². The summed E-state index contributed by atoms with van der Waals surface area (Å²) in [5.41, 5.74) is 0. The summed E-state index contributed by atoms with van der Waals surface area (Å²) in [6, 6.07) is 0. The highest BCUT2D eigenvalue weighted by molar-refractivity contribution is 5.63. The summed E-state index contributed by atoms with van der Waals surface area (Å²) < 4.78 is 0. The predicted molar refractivity (Wildman–Crippen MR) is 84.5 cm³/mol. The molecule has 0 spiro atoms. The van der Waals surface area contributed by atoms with Crippen molar-refractivity contribution in [2.24, 2.45) is 0 Å². The van der Waals surface area contributed by atoms with Crippen molar-refractivity contribution in [3.8, 4) is 0 Å². The van der Waals surface area contributed by atoms with Crippen molar-refractivity contribution in [1.29, 1.82) is 0 Å². The van der Waals surface area contributed by atoms with Crippen molar-refractivity contribution in [2.75, 3.05) is 13.1 Å². The number of carboxylic acids is 1. The number of aliphatic carboxylic acids is 1. The van der Waals surface area contributed by atoms with Crippen molar-refractivity contribution in [1.82, 2.24) is 0 Å². The van der Waals surface area contributed by atoms with Crippen LogP contribution in [0.2, 0.25) is 0 Å². The van der Waals surface area contributed by atoms with Crippen molar-refractivity contribution >= 4 is 5.97 Å². The zero-order chi connectivity index (χ0) is 15.5. The molecule has 3 nitrogen and oxygen atoms in total. The second kappa shape index (κ2) is 20.7. The lowest BCUT2D eigenvalue weighted by atomic mass is 10.1. The van der Waals surface area contributed by atoms with Crippen LogP contribution in [0.5, 0.6) is 0 Å². The van der Waals surface area contributed by atoms with E-state index in [1.54, 1.807) is 0 Å². The van der Waals surface area contributed by atoms with E-state index in [0.29, 0.717) is 0 Å². The molecule has 0 aromatic heterocycles. The van der Waals surface area contributed by atoms with Gasteiger partial charge in [-0.15, -0.1) is 0 Å². The molecule has 0 amide bonds. The molecule has 0 aliphatic carbocycles. The predicted octanol–water partition coefficient (Wildman–Crippen LogP) is 2.64. The van der Waals surface area contributed by atoms with E-state index < -0.39 is 5.97 Å². The van der Waals surface area contributed by atoms with E-state index >= 15 is 0 Å². The molecular weight excluding hydrogens is 250 g/mol. The van der Waals surface area contributed by atoms with Gasteiger partial charge in [0.25, 0.3) is 0 Å². The molecule has 0 rings (SSSR count). The minimum atomic E-state index is -0.911. The van der Waals surface area contributed by atoms with E-state index in [1.165, 1.54) is 64.5 Å². The molecule has 0 bridgehead atoms. The average molecular weight is 287 g/mol. The number of hydrogen-bond donors (Lipinski definition) is 1. The Balaban J connectivity index is 0. The maximum absolute atomic E-state index is 10.1. The first-order chi connectivity index (χ1) is 9.68. The Labute approximate surface area is 126 Å². The number of hydrogen-bond acceptors (Lipinski definition) is 2. The van der Waals surface area contributed by atoms with Crippen molar-refractivity contribution < 1.29 is 15.2 Å². The van der Waals surface area contributed by atoms with Gasteiger partial charge in [0, 0.05) is 5.97 Å². The van der Waals surface area contributed by atoms with Gasteiger partial charge in [-0.2, -0.15) is 0 Å². The monoisotopic (exact) mass is 287 g/mol. The van der Waals surface area contributed by atoms with Crippen LogP contribution in [-0.2, 0) is 4.79 Å². The lowest BCUT2D eigenvalue weighted by Crippen LogP contribution is -2.84. The van der Waals surface area contributed by atoms with Gasteiger partial charge in [-0.25, -0.2) is 0 Å². The second-order valence-corrected chi connectivity index (χ2v) is 5.46. The molecule has 0 saturated carbocycles. The SMILES string of the molecule is CCCCCCCCCCC(=O)[O-].CCC[NH2+]CCC. The molecule has 0 atom stereocenters. The highest BCUT2D eigenvalue weighted by atomic mass is 16.4. The summed E-state index contributed by atoms with van der Waals surface area (Å²) in [4.78, 5) is 10.1. The molecule has 0 radical (unpaired) electrons. The third-order valence-electron chi connectivity index (χ3n) is 3.22. The Hall–Kier alpha value is -0.570. The van der Waals surface area contributed by atoms with Gasteiger partial charge in [0.15, 0.2) is 0 Å². The summed E-state index contributed by atoms with van der Waals surface area (Å²) in [7, 11) is 0. The highest BCUT2D eigenvalue weighted by Gasteiger charge is 1.91. The topological polar surface area (TPSA) is 56.7 Å². The maximum Gasteiger partial charge on any atom is 0.0752 e. The second-order valence-electron chi connectivity index (χ2n) is 5.46. The summed E-state index contributed by atoms with van der Waals surface area (Å²) in [6.45, 7) is 9.24. The van der Waals surface area contributed by atoms with E-state index in [1.807, 2.05) is 0 Å². The van der Waals surface area contributed by atoms with E-state index in [2.05, 4.69) is 26.1 Å². The third kappa shape index (κ3) is 26.1. The van der Waals surface area contributed by atoms with Crippen LogP contribution >= 0.6 is 0 Å². The molecule has 122 valence electrons. The molecule has 0 aliphatic heterocycles. The Morgan fingerprint density at radius 1 is 0.750 bits per heavy atom. The third-order valence-corrected chi connectivity index (χ3v) is 3.22. The first kappa shape index (κ1) is 21.7. The fourth-order valence-corrected chi connectivity index (χ4v) is 1.96. The van der Waals surface area contributed by atoms with Crippen molar-refractivity contribution in [3.63, 3.8) is 0 Å². The molecule has 0 aliphatic rings. The van der Waals surface area contributed by atoms with Crippen LogP contribution in [0.3, 0.4) is 0 Å². The van der Waals surface area contributed by atoms with E-state index in [0.717, 1.165) is 12.8 Å². The van der Waals surface area contributed by atoms with E-state index in [9.17, 15) is 9.90 Å². The van der Waals surface area contributed by atoms with Gasteiger partial charge in [0.05, 0.1) is 13.1 Å². The van der Waals surface area contributed by atoms with Crippen LogP contribution in [0.4, 0.5) is 0 Å². The van der Waals surface area contributed by atoms with E-state index in [-0.39, 0.29) is 6.42 Å². The summed E-state index contributed by atoms with van der Waals surface area (Å²) in [5.74, 6) is -0.911. The fraction of sp³-hybridized carbons (Fsp3) is 0.941. The Kier molecular flexibility index (Phi) is 22.5. The van der Waals surface area contributed by atoms with E-state index in [4.69, 9.17) is 0 Å². The molecular formula is C17H37NO2. The zero-order valence-corrected chi connectivity index (χ0v) is 14.1. The van der Waals surface area contributed by atoms with Crippen LogP contribution in [0.1, 0.15) is 91.4 Å². The van der Waals surface area contributed by atoms with Crippen LogP contribution in [0.15, 0.2) is 0 Å². The Morgan fingerprint density at radius 3 is 1.60 bits per heavy atom. The largest absolute Gasteiger partial charge is 0.550 e. The molecule has 0 saturated heterocycles. The normalized spacial score (nSPS) is 9.95. The Bertz CT molecular complexity index is 180.